The molecule has 2 nitrogen and oxygen atoms in total. The van der Waals surface area contributed by atoms with Crippen molar-refractivity contribution in [2.24, 2.45) is 5.41 Å². The summed E-state index contributed by atoms with van der Waals surface area (Å²) in [4.78, 5) is 3.96. The van der Waals surface area contributed by atoms with Gasteiger partial charge in [0.2, 0.25) is 0 Å². The maximum absolute atomic E-state index is 13.3. The van der Waals surface area contributed by atoms with Crippen molar-refractivity contribution < 1.29 is 4.39 Å². The summed E-state index contributed by atoms with van der Waals surface area (Å²) in [6.07, 6.45) is 2.43. The van der Waals surface area contributed by atoms with Crippen LogP contribution in [0.15, 0.2) is 18.3 Å². The highest BCUT2D eigenvalue weighted by Gasteiger charge is 2.47. The molecule has 0 radical (unpaired) electrons. The van der Waals surface area contributed by atoms with Gasteiger partial charge in [0.05, 0.1) is 0 Å². The van der Waals surface area contributed by atoms with E-state index in [1.165, 1.54) is 6.07 Å². The fourth-order valence-corrected chi connectivity index (χ4v) is 2.10. The number of alkyl halides is 1. The molecule has 1 aliphatic rings. The van der Waals surface area contributed by atoms with Crippen molar-refractivity contribution in [2.45, 2.75) is 31.7 Å². The number of nitrogens with one attached hydrogen (secondary N) is 1. The molecule has 0 saturated heterocycles. The first-order valence-electron chi connectivity index (χ1n) is 5.03. The summed E-state index contributed by atoms with van der Waals surface area (Å²) in [5.41, 5.74) is -0.00842. The second kappa shape index (κ2) is 3.63. The molecule has 4 heteroatoms. The third-order valence-corrected chi connectivity index (χ3v) is 3.96. The van der Waals surface area contributed by atoms with Gasteiger partial charge in [0.25, 0.3) is 0 Å². The minimum Gasteiger partial charge on any atom is -0.364 e. The third kappa shape index (κ3) is 1.81. The number of pyridine rings is 1. The van der Waals surface area contributed by atoms with E-state index in [-0.39, 0.29) is 22.7 Å². The number of hydrogen-bond acceptors (Lipinski definition) is 2. The molecule has 1 fully saturated rings. The van der Waals surface area contributed by atoms with Crippen molar-refractivity contribution in [2.75, 3.05) is 5.32 Å². The van der Waals surface area contributed by atoms with Gasteiger partial charge >= 0.3 is 0 Å². The molecule has 0 aromatic carbocycles. The zero-order chi connectivity index (χ0) is 11.1. The summed E-state index contributed by atoms with van der Waals surface area (Å²) in [6, 6.07) is 3.18. The van der Waals surface area contributed by atoms with Crippen molar-refractivity contribution in [3.63, 3.8) is 0 Å². The van der Waals surface area contributed by atoms with Crippen LogP contribution in [0.25, 0.3) is 0 Å². The number of anilines is 1. The van der Waals surface area contributed by atoms with E-state index in [2.05, 4.69) is 24.1 Å². The standard InChI is InChI=1S/C11H14ClFN2/c1-11(2)8(12)6-9(11)15-10-7(13)4-3-5-14-10/h3-5,8-9H,6H2,1-2H3,(H,14,15). The lowest BCUT2D eigenvalue weighted by atomic mass is 9.67. The van der Waals surface area contributed by atoms with Crippen LogP contribution in [-0.2, 0) is 0 Å². The molecule has 1 aromatic rings. The predicted octanol–water partition coefficient (Wildman–Crippen LogP) is 3.04. The smallest absolute Gasteiger partial charge is 0.165 e. The van der Waals surface area contributed by atoms with Gasteiger partial charge < -0.3 is 5.32 Å². The van der Waals surface area contributed by atoms with Crippen LogP contribution in [0.5, 0.6) is 0 Å². The second-order valence-electron chi connectivity index (χ2n) is 4.56. The highest BCUT2D eigenvalue weighted by molar-refractivity contribution is 6.21. The van der Waals surface area contributed by atoms with E-state index in [1.807, 2.05) is 0 Å². The number of halogens is 2. The Morgan fingerprint density at radius 2 is 2.33 bits per heavy atom. The Balaban J connectivity index is 2.08. The molecule has 2 rings (SSSR count). The van der Waals surface area contributed by atoms with Crippen LogP contribution >= 0.6 is 11.6 Å². The van der Waals surface area contributed by atoms with Gasteiger partial charge in [0.15, 0.2) is 11.6 Å². The molecular formula is C11H14ClFN2. The lowest BCUT2D eigenvalue weighted by Crippen LogP contribution is -2.54. The molecule has 1 N–H and O–H groups in total. The summed E-state index contributed by atoms with van der Waals surface area (Å²) >= 11 is 6.09. The maximum atomic E-state index is 13.3. The van der Waals surface area contributed by atoms with Gasteiger partial charge in [-0.1, -0.05) is 13.8 Å². The van der Waals surface area contributed by atoms with Crippen LogP contribution in [0.1, 0.15) is 20.3 Å². The number of nitrogens with zero attached hydrogens (tertiary/aromatic N) is 1. The van der Waals surface area contributed by atoms with E-state index in [0.717, 1.165) is 6.42 Å². The van der Waals surface area contributed by atoms with Gasteiger partial charge in [-0.3, -0.25) is 0 Å². The Labute approximate surface area is 93.9 Å². The summed E-state index contributed by atoms with van der Waals surface area (Å²) in [6.45, 7) is 4.15. The van der Waals surface area contributed by atoms with Crippen LogP contribution in [0, 0.1) is 11.2 Å². The van der Waals surface area contributed by atoms with Crippen LogP contribution in [-0.4, -0.2) is 16.4 Å². The van der Waals surface area contributed by atoms with Gasteiger partial charge in [-0.2, -0.15) is 0 Å². The van der Waals surface area contributed by atoms with E-state index in [1.54, 1.807) is 12.3 Å². The van der Waals surface area contributed by atoms with E-state index in [4.69, 9.17) is 11.6 Å². The Bertz CT molecular complexity index is 367. The van der Waals surface area contributed by atoms with Gasteiger partial charge in [-0.25, -0.2) is 9.37 Å². The van der Waals surface area contributed by atoms with E-state index >= 15 is 0 Å². The SMILES string of the molecule is CC1(C)C(Cl)CC1Nc1ncccc1F. The first kappa shape index (κ1) is 10.7. The van der Waals surface area contributed by atoms with Crippen molar-refractivity contribution in [1.29, 1.82) is 0 Å². The first-order chi connectivity index (χ1) is 7.01. The highest BCUT2D eigenvalue weighted by atomic mass is 35.5. The zero-order valence-electron chi connectivity index (χ0n) is 8.80. The molecule has 0 amide bonds. The maximum Gasteiger partial charge on any atom is 0.165 e. The Hall–Kier alpha value is -0.830. The van der Waals surface area contributed by atoms with Crippen LogP contribution in [0.2, 0.25) is 0 Å². The largest absolute Gasteiger partial charge is 0.364 e. The molecule has 0 aliphatic heterocycles. The Morgan fingerprint density at radius 3 is 2.87 bits per heavy atom. The molecule has 2 atom stereocenters. The third-order valence-electron chi connectivity index (χ3n) is 3.22. The molecule has 0 bridgehead atoms. The summed E-state index contributed by atoms with van der Waals surface area (Å²) < 4.78 is 13.3. The van der Waals surface area contributed by atoms with E-state index in [9.17, 15) is 4.39 Å². The van der Waals surface area contributed by atoms with E-state index in [0.29, 0.717) is 5.82 Å². The molecule has 1 aromatic heterocycles. The highest BCUT2D eigenvalue weighted by Crippen LogP contribution is 2.45. The molecule has 15 heavy (non-hydrogen) atoms. The molecule has 82 valence electrons. The number of aromatic nitrogens is 1. The zero-order valence-corrected chi connectivity index (χ0v) is 9.55. The Morgan fingerprint density at radius 1 is 1.60 bits per heavy atom. The topological polar surface area (TPSA) is 24.9 Å². The quantitative estimate of drug-likeness (QED) is 0.787. The van der Waals surface area contributed by atoms with Gasteiger partial charge in [0, 0.05) is 23.0 Å². The monoisotopic (exact) mass is 228 g/mol. The summed E-state index contributed by atoms with van der Waals surface area (Å²) in [5, 5.41) is 3.25. The number of rotatable bonds is 2. The molecular weight excluding hydrogens is 215 g/mol. The van der Waals surface area contributed by atoms with Crippen molar-refractivity contribution in [3.8, 4) is 0 Å². The number of hydrogen-bond donors (Lipinski definition) is 1. The fraction of sp³-hybridized carbons (Fsp3) is 0.545. The van der Waals surface area contributed by atoms with Crippen molar-refractivity contribution >= 4 is 17.4 Å². The van der Waals surface area contributed by atoms with Crippen molar-refractivity contribution in [3.05, 3.63) is 24.1 Å². The molecule has 1 saturated carbocycles. The molecule has 1 aliphatic carbocycles. The minimum atomic E-state index is -0.314. The fourth-order valence-electron chi connectivity index (χ4n) is 1.77. The summed E-state index contributed by atoms with van der Waals surface area (Å²) in [7, 11) is 0. The van der Waals surface area contributed by atoms with E-state index < -0.39 is 0 Å². The van der Waals surface area contributed by atoms with Crippen LogP contribution in [0.3, 0.4) is 0 Å². The lowest BCUT2D eigenvalue weighted by molar-refractivity contribution is 0.167. The average Bonchev–Trinajstić information content (AvgIpc) is 2.20. The van der Waals surface area contributed by atoms with Crippen LogP contribution < -0.4 is 5.32 Å². The normalized spacial score (nSPS) is 28.3. The average molecular weight is 229 g/mol. The molecule has 1 heterocycles. The van der Waals surface area contributed by atoms with Gasteiger partial charge in [-0.05, 0) is 18.6 Å². The van der Waals surface area contributed by atoms with Gasteiger partial charge in [0.1, 0.15) is 0 Å². The van der Waals surface area contributed by atoms with Crippen molar-refractivity contribution in [1.82, 2.24) is 4.98 Å². The first-order valence-corrected chi connectivity index (χ1v) is 5.46. The minimum absolute atomic E-state index is 0.00842. The van der Waals surface area contributed by atoms with Gasteiger partial charge in [-0.15, -0.1) is 11.6 Å². The predicted molar refractivity (Wildman–Crippen MR) is 59.6 cm³/mol. The molecule has 0 spiro atoms. The lowest BCUT2D eigenvalue weighted by Gasteiger charge is -2.49. The van der Waals surface area contributed by atoms with Crippen LogP contribution in [0.4, 0.5) is 10.2 Å². The second-order valence-corrected chi connectivity index (χ2v) is 5.08. The Kier molecular flexibility index (Phi) is 2.59. The molecule has 2 unspecified atom stereocenters. The summed E-state index contributed by atoms with van der Waals surface area (Å²) in [5.74, 6) is 0.00506.